The molecule has 0 atom stereocenters. The van der Waals surface area contributed by atoms with Crippen molar-refractivity contribution in [1.82, 2.24) is 15.0 Å². The highest BCUT2D eigenvalue weighted by atomic mass is 16.7. The average molecular weight is 156 g/mol. The largest absolute Gasteiger partial charge is 0.363 e. The number of aromatic nitrogens is 3. The molecule has 0 bridgehead atoms. The van der Waals surface area contributed by atoms with Crippen molar-refractivity contribution in [3.05, 3.63) is 22.5 Å². The molecule has 0 aliphatic heterocycles. The normalized spacial score (nSPS) is 11.5. The fourth-order valence-corrected chi connectivity index (χ4v) is 0.460. The zero-order valence-electron chi connectivity index (χ0n) is 5.28. The second-order valence-corrected chi connectivity index (χ2v) is 1.54. The third-order valence-corrected chi connectivity index (χ3v) is 0.841. The van der Waals surface area contributed by atoms with Gasteiger partial charge in [0, 0.05) is 0 Å². The van der Waals surface area contributed by atoms with Gasteiger partial charge in [-0.25, -0.2) is 10.1 Å². The van der Waals surface area contributed by atoms with Gasteiger partial charge in [-0.1, -0.05) is 5.21 Å². The molecule has 1 rings (SSSR count). The van der Waals surface area contributed by atoms with Crippen molar-refractivity contribution in [1.29, 1.82) is 0 Å². The van der Waals surface area contributed by atoms with Gasteiger partial charge in [0.2, 0.25) is 0 Å². The topological polar surface area (TPSA) is 112 Å². The van der Waals surface area contributed by atoms with Crippen molar-refractivity contribution in [3.63, 3.8) is 0 Å². The molecule has 0 aliphatic carbocycles. The summed E-state index contributed by atoms with van der Waals surface area (Å²) in [6.45, 7) is 0. The number of nitrogens with two attached hydrogens (primary N) is 1. The highest BCUT2D eigenvalue weighted by Gasteiger charge is 2.01. The number of nitrogens with zero attached hydrogens (tertiary/aromatic N) is 5. The zero-order chi connectivity index (χ0) is 8.27. The van der Waals surface area contributed by atoms with Crippen molar-refractivity contribution in [2.75, 3.05) is 0 Å². The van der Waals surface area contributed by atoms with Gasteiger partial charge in [0.15, 0.2) is 5.03 Å². The third-order valence-electron chi connectivity index (χ3n) is 0.841. The molecule has 0 spiro atoms. The summed E-state index contributed by atoms with van der Waals surface area (Å²) in [5.41, 5.74) is 5.11. The minimum absolute atomic E-state index is 0.326. The molecule has 1 aromatic heterocycles. The van der Waals surface area contributed by atoms with Crippen LogP contribution in [0.4, 0.5) is 0 Å². The number of nitro groups is 1. The van der Waals surface area contributed by atoms with Gasteiger partial charge in [-0.05, 0) is 0 Å². The lowest BCUT2D eigenvalue weighted by atomic mass is 10.9. The van der Waals surface area contributed by atoms with Gasteiger partial charge in [-0.3, -0.25) is 0 Å². The van der Waals surface area contributed by atoms with E-state index >= 15 is 0 Å². The molecule has 0 saturated carbocycles. The molecule has 0 aliphatic rings. The molecule has 0 fully saturated rings. The lowest BCUT2D eigenvalue weighted by molar-refractivity contribution is -0.485. The van der Waals surface area contributed by atoms with Crippen molar-refractivity contribution < 1.29 is 5.03 Å². The van der Waals surface area contributed by atoms with Crippen LogP contribution in [-0.2, 0) is 0 Å². The van der Waals surface area contributed by atoms with Gasteiger partial charge in [0.1, 0.15) is 5.10 Å². The summed E-state index contributed by atoms with van der Waals surface area (Å²) in [4.78, 5) is 9.78. The Morgan fingerprint density at radius 3 is 3.00 bits per heavy atom. The first-order chi connectivity index (χ1) is 5.20. The Morgan fingerprint density at radius 1 is 1.82 bits per heavy atom. The van der Waals surface area contributed by atoms with Gasteiger partial charge in [-0.2, -0.15) is 4.68 Å². The van der Waals surface area contributed by atoms with E-state index in [1.165, 1.54) is 12.4 Å². The van der Waals surface area contributed by atoms with E-state index in [4.69, 9.17) is 5.73 Å². The standard InChI is InChI=1S/C3H4N6O2/c4-3(6-9(10)11)8-2-1-5-7-8/h1-2H,(H2,4,6). The molecule has 2 N–H and O–H groups in total. The highest BCUT2D eigenvalue weighted by molar-refractivity contribution is 5.78. The monoisotopic (exact) mass is 156 g/mol. The van der Waals surface area contributed by atoms with Crippen LogP contribution in [0.2, 0.25) is 0 Å². The first kappa shape index (κ1) is 7.12. The molecular formula is C3H4N6O2. The van der Waals surface area contributed by atoms with E-state index in [1.54, 1.807) is 0 Å². The van der Waals surface area contributed by atoms with E-state index in [-0.39, 0.29) is 5.96 Å². The summed E-state index contributed by atoms with van der Waals surface area (Å²) in [5.74, 6) is -0.326. The maximum absolute atomic E-state index is 9.78. The summed E-state index contributed by atoms with van der Waals surface area (Å²) in [7, 11) is 0. The molecule has 8 heteroatoms. The van der Waals surface area contributed by atoms with E-state index in [1.807, 2.05) is 0 Å². The van der Waals surface area contributed by atoms with Crippen molar-refractivity contribution in [2.24, 2.45) is 10.8 Å². The van der Waals surface area contributed by atoms with Crippen LogP contribution in [0.1, 0.15) is 0 Å². The molecule has 0 saturated heterocycles. The minimum atomic E-state index is -0.906. The number of hydrogen-bond donors (Lipinski definition) is 1. The molecule has 0 amide bonds. The predicted molar refractivity (Wildman–Crippen MR) is 34.0 cm³/mol. The summed E-state index contributed by atoms with van der Waals surface area (Å²) in [5, 5.41) is 18.4. The number of rotatable bonds is 1. The fourth-order valence-electron chi connectivity index (χ4n) is 0.460. The van der Waals surface area contributed by atoms with E-state index < -0.39 is 5.03 Å². The lowest BCUT2D eigenvalue weighted by Crippen LogP contribution is -2.24. The highest BCUT2D eigenvalue weighted by Crippen LogP contribution is 1.78. The van der Waals surface area contributed by atoms with Crippen LogP contribution < -0.4 is 5.73 Å². The Morgan fingerprint density at radius 2 is 2.55 bits per heavy atom. The molecule has 0 aromatic carbocycles. The second kappa shape index (κ2) is 2.73. The molecule has 8 nitrogen and oxygen atoms in total. The maximum Gasteiger partial charge on any atom is 0.294 e. The molecule has 1 heterocycles. The van der Waals surface area contributed by atoms with Gasteiger partial charge >= 0.3 is 0 Å². The van der Waals surface area contributed by atoms with E-state index in [0.29, 0.717) is 0 Å². The SMILES string of the molecule is NC(=N[N+](=O)[O-])n1ccnn1. The first-order valence-corrected chi connectivity index (χ1v) is 2.55. The molecule has 58 valence electrons. The smallest absolute Gasteiger partial charge is 0.294 e. The maximum atomic E-state index is 9.78. The van der Waals surface area contributed by atoms with E-state index in [9.17, 15) is 10.1 Å². The minimum Gasteiger partial charge on any atom is -0.363 e. The second-order valence-electron chi connectivity index (χ2n) is 1.54. The summed E-state index contributed by atoms with van der Waals surface area (Å²) in [6.07, 6.45) is 2.69. The average Bonchev–Trinajstić information content (AvgIpc) is 2.35. The van der Waals surface area contributed by atoms with E-state index in [0.717, 1.165) is 4.68 Å². The van der Waals surface area contributed by atoms with Crippen LogP contribution in [0.15, 0.2) is 17.5 Å². The Kier molecular flexibility index (Phi) is 1.77. The summed E-state index contributed by atoms with van der Waals surface area (Å²) in [6, 6.07) is 0. The first-order valence-electron chi connectivity index (χ1n) is 2.55. The Hall–Kier alpha value is -1.99. The Balaban J connectivity index is 2.86. The van der Waals surface area contributed by atoms with Crippen LogP contribution in [0.3, 0.4) is 0 Å². The van der Waals surface area contributed by atoms with Gasteiger partial charge in [0.25, 0.3) is 5.96 Å². The Bertz CT molecular complexity index is 276. The van der Waals surface area contributed by atoms with Crippen LogP contribution >= 0.6 is 0 Å². The van der Waals surface area contributed by atoms with Crippen LogP contribution in [-0.4, -0.2) is 26.0 Å². The Labute approximate surface area is 60.5 Å². The molecule has 1 aromatic rings. The predicted octanol–water partition coefficient (Wildman–Crippen LogP) is -1.37. The number of hydrazone groups is 1. The fraction of sp³-hybridized carbons (Fsp3) is 0. The molecular weight excluding hydrogens is 152 g/mol. The zero-order valence-corrected chi connectivity index (χ0v) is 5.28. The van der Waals surface area contributed by atoms with Gasteiger partial charge in [0.05, 0.1) is 12.4 Å². The summed E-state index contributed by atoms with van der Waals surface area (Å²) >= 11 is 0. The van der Waals surface area contributed by atoms with Gasteiger partial charge in [-0.15, -0.1) is 5.10 Å². The van der Waals surface area contributed by atoms with Crippen LogP contribution in [0.5, 0.6) is 0 Å². The van der Waals surface area contributed by atoms with Gasteiger partial charge < -0.3 is 5.73 Å². The van der Waals surface area contributed by atoms with Crippen molar-refractivity contribution >= 4 is 5.96 Å². The third kappa shape index (κ3) is 1.71. The van der Waals surface area contributed by atoms with Crippen LogP contribution in [0.25, 0.3) is 0 Å². The van der Waals surface area contributed by atoms with Crippen molar-refractivity contribution in [3.8, 4) is 0 Å². The molecule has 11 heavy (non-hydrogen) atoms. The van der Waals surface area contributed by atoms with E-state index in [2.05, 4.69) is 15.4 Å². The quantitative estimate of drug-likeness (QED) is 0.233. The molecule has 0 radical (unpaired) electrons. The molecule has 0 unspecified atom stereocenters. The van der Waals surface area contributed by atoms with Crippen LogP contribution in [0, 0.1) is 10.1 Å². The lowest BCUT2D eigenvalue weighted by Gasteiger charge is -1.90. The summed E-state index contributed by atoms with van der Waals surface area (Å²) < 4.78 is 0.989. The van der Waals surface area contributed by atoms with Crippen molar-refractivity contribution in [2.45, 2.75) is 0 Å². The number of hydrogen-bond acceptors (Lipinski definition) is 4.